The van der Waals surface area contributed by atoms with Crippen molar-refractivity contribution < 1.29 is 18.7 Å². The molecule has 4 aromatic rings. The number of amides is 1. The van der Waals surface area contributed by atoms with Crippen LogP contribution in [0.5, 0.6) is 11.5 Å². The summed E-state index contributed by atoms with van der Waals surface area (Å²) in [4.78, 5) is 15.5. The Morgan fingerprint density at radius 2 is 1.51 bits per heavy atom. The van der Waals surface area contributed by atoms with Crippen LogP contribution in [-0.2, 0) is 12.2 Å². The molecule has 35 heavy (non-hydrogen) atoms. The van der Waals surface area contributed by atoms with Gasteiger partial charge in [-0.15, -0.1) is 0 Å². The van der Waals surface area contributed by atoms with E-state index in [1.165, 1.54) is 0 Å². The van der Waals surface area contributed by atoms with Crippen molar-refractivity contribution in [2.45, 2.75) is 25.6 Å². The van der Waals surface area contributed by atoms with Crippen molar-refractivity contribution in [2.75, 3.05) is 18.5 Å². The number of anilines is 1. The highest BCUT2D eigenvalue weighted by atomic mass is 16.5. The molecule has 3 aromatic carbocycles. The molecule has 0 radical (unpaired) electrons. The molecule has 1 unspecified atom stereocenters. The van der Waals surface area contributed by atoms with E-state index >= 15 is 0 Å². The third-order valence-corrected chi connectivity index (χ3v) is 6.31. The van der Waals surface area contributed by atoms with Gasteiger partial charge < -0.3 is 24.1 Å². The van der Waals surface area contributed by atoms with Crippen molar-refractivity contribution in [1.82, 2.24) is 4.90 Å². The van der Waals surface area contributed by atoms with E-state index in [0.29, 0.717) is 31.7 Å². The summed E-state index contributed by atoms with van der Waals surface area (Å²) >= 11 is 0. The summed E-state index contributed by atoms with van der Waals surface area (Å²) in [5.74, 6) is 2.27. The average molecular weight is 469 g/mol. The second-order valence-corrected chi connectivity index (χ2v) is 8.39. The number of furan rings is 1. The van der Waals surface area contributed by atoms with Gasteiger partial charge in [0.2, 0.25) is 0 Å². The number of carbonyl (C=O) groups excluding carboxylic acids is 1. The van der Waals surface area contributed by atoms with Gasteiger partial charge in [-0.25, -0.2) is 0 Å². The van der Waals surface area contributed by atoms with Gasteiger partial charge in [-0.05, 0) is 60.5 Å². The number of benzene rings is 3. The fraction of sp³-hybridized carbons (Fsp3) is 0.207. The highest BCUT2D eigenvalue weighted by Gasteiger charge is 2.45. The van der Waals surface area contributed by atoms with Crippen LogP contribution in [0.4, 0.5) is 5.69 Å². The molecule has 0 saturated heterocycles. The van der Waals surface area contributed by atoms with Crippen LogP contribution in [0.15, 0.2) is 102 Å². The van der Waals surface area contributed by atoms with Crippen LogP contribution >= 0.6 is 0 Å². The van der Waals surface area contributed by atoms with Gasteiger partial charge in [-0.1, -0.05) is 49.4 Å². The van der Waals surface area contributed by atoms with E-state index in [2.05, 4.69) is 12.2 Å². The van der Waals surface area contributed by atoms with Crippen LogP contribution in [-0.4, -0.2) is 24.0 Å². The Morgan fingerprint density at radius 1 is 0.829 bits per heavy atom. The van der Waals surface area contributed by atoms with E-state index in [1.54, 1.807) is 6.26 Å². The maximum absolute atomic E-state index is 13.7. The number of nitrogens with zero attached hydrogens (tertiary/aromatic N) is 1. The predicted octanol–water partition coefficient (Wildman–Crippen LogP) is 6.07. The molecule has 6 nitrogen and oxygen atoms in total. The molecule has 0 fully saturated rings. The summed E-state index contributed by atoms with van der Waals surface area (Å²) in [5.41, 5.74) is 1.73. The molecule has 1 aliphatic rings. The first-order valence-corrected chi connectivity index (χ1v) is 11.8. The number of nitrogens with one attached hydrogen (secondary N) is 1. The number of carbonyl (C=O) groups is 1. The Morgan fingerprint density at radius 3 is 2.20 bits per heavy atom. The molecule has 6 heteroatoms. The molecule has 0 spiro atoms. The van der Waals surface area contributed by atoms with Gasteiger partial charge in [-0.2, -0.15) is 0 Å². The summed E-state index contributed by atoms with van der Waals surface area (Å²) in [6.45, 7) is 3.32. The van der Waals surface area contributed by atoms with Gasteiger partial charge in [0.15, 0.2) is 0 Å². The second-order valence-electron chi connectivity index (χ2n) is 8.39. The highest BCUT2D eigenvalue weighted by molar-refractivity contribution is 6.02. The van der Waals surface area contributed by atoms with Gasteiger partial charge >= 0.3 is 0 Å². The van der Waals surface area contributed by atoms with E-state index in [4.69, 9.17) is 13.9 Å². The largest absolute Gasteiger partial charge is 0.490 e. The second kappa shape index (κ2) is 9.97. The minimum Gasteiger partial charge on any atom is -0.490 e. The van der Waals surface area contributed by atoms with E-state index in [-0.39, 0.29) is 5.91 Å². The zero-order valence-electron chi connectivity index (χ0n) is 19.6. The first-order valence-electron chi connectivity index (χ1n) is 11.8. The molecule has 0 saturated carbocycles. The first kappa shape index (κ1) is 22.6. The van der Waals surface area contributed by atoms with Gasteiger partial charge in [0, 0.05) is 5.69 Å². The van der Waals surface area contributed by atoms with Crippen LogP contribution < -0.4 is 14.8 Å². The molecular formula is C29H28N2O4. The monoisotopic (exact) mass is 468 g/mol. The zero-order chi connectivity index (χ0) is 24.1. The molecule has 0 bridgehead atoms. The van der Waals surface area contributed by atoms with Gasteiger partial charge in [0.25, 0.3) is 5.91 Å². The molecule has 1 atom stereocenters. The lowest BCUT2D eigenvalue weighted by atomic mass is 9.89. The third kappa shape index (κ3) is 4.60. The summed E-state index contributed by atoms with van der Waals surface area (Å²) < 4.78 is 17.2. The van der Waals surface area contributed by atoms with Gasteiger partial charge in [0.1, 0.15) is 36.1 Å². The SMILES string of the molecule is CCC1(c2ccc(OCCOc3ccccc3)cc2)Nc2ccccc2C(=O)N1Cc1ccco1. The standard InChI is InChI=1S/C29H28N2O4/c1-2-29(22-14-16-24(17-15-22)35-20-19-34-23-9-4-3-5-10-23)30-27-13-7-6-12-26(27)28(32)31(29)21-25-11-8-18-33-25/h3-18,30H,2,19-21H2,1H3. The lowest BCUT2D eigenvalue weighted by molar-refractivity contribution is 0.0430. The number of hydrogen-bond donors (Lipinski definition) is 1. The lowest BCUT2D eigenvalue weighted by Gasteiger charge is -2.48. The fourth-order valence-electron chi connectivity index (χ4n) is 4.53. The van der Waals surface area contributed by atoms with Crippen LogP contribution in [0.25, 0.3) is 0 Å². The number of hydrogen-bond acceptors (Lipinski definition) is 5. The molecule has 178 valence electrons. The normalized spacial score (nSPS) is 16.9. The quantitative estimate of drug-likeness (QED) is 0.302. The maximum atomic E-state index is 13.7. The minimum absolute atomic E-state index is 0.0315. The van der Waals surface area contributed by atoms with Crippen molar-refractivity contribution in [1.29, 1.82) is 0 Å². The Bertz CT molecular complexity index is 1260. The van der Waals surface area contributed by atoms with Gasteiger partial charge in [0.05, 0.1) is 18.4 Å². The smallest absolute Gasteiger partial charge is 0.258 e. The highest BCUT2D eigenvalue weighted by Crippen LogP contribution is 2.41. The summed E-state index contributed by atoms with van der Waals surface area (Å²) in [6, 6.07) is 28.9. The van der Waals surface area contributed by atoms with Crippen LogP contribution in [0.1, 0.15) is 35.0 Å². The van der Waals surface area contributed by atoms with Crippen LogP contribution in [0, 0.1) is 0 Å². The minimum atomic E-state index is -0.729. The predicted molar refractivity (Wildman–Crippen MR) is 134 cm³/mol. The van der Waals surface area contributed by atoms with E-state index in [0.717, 1.165) is 28.5 Å². The van der Waals surface area contributed by atoms with E-state index < -0.39 is 5.66 Å². The molecule has 1 amide bonds. The molecular weight excluding hydrogens is 440 g/mol. The fourth-order valence-corrected chi connectivity index (χ4v) is 4.53. The first-order chi connectivity index (χ1) is 17.2. The number of para-hydroxylation sites is 2. The summed E-state index contributed by atoms with van der Waals surface area (Å²) in [5, 5.41) is 3.66. The summed E-state index contributed by atoms with van der Waals surface area (Å²) in [6.07, 6.45) is 2.30. The van der Waals surface area contributed by atoms with E-state index in [9.17, 15) is 4.79 Å². The third-order valence-electron chi connectivity index (χ3n) is 6.31. The van der Waals surface area contributed by atoms with Crippen molar-refractivity contribution >= 4 is 11.6 Å². The van der Waals surface area contributed by atoms with Crippen molar-refractivity contribution in [2.24, 2.45) is 0 Å². The van der Waals surface area contributed by atoms with Crippen LogP contribution in [0.3, 0.4) is 0 Å². The van der Waals surface area contributed by atoms with E-state index in [1.807, 2.05) is 95.9 Å². The number of rotatable bonds is 9. The lowest BCUT2D eigenvalue weighted by Crippen LogP contribution is -2.56. The number of ether oxygens (including phenoxy) is 2. The maximum Gasteiger partial charge on any atom is 0.258 e. The topological polar surface area (TPSA) is 63.9 Å². The van der Waals surface area contributed by atoms with Crippen molar-refractivity contribution in [3.63, 3.8) is 0 Å². The molecule has 1 aromatic heterocycles. The number of fused-ring (bicyclic) bond motifs is 1. The van der Waals surface area contributed by atoms with Crippen molar-refractivity contribution in [3.05, 3.63) is 114 Å². The summed E-state index contributed by atoms with van der Waals surface area (Å²) in [7, 11) is 0. The Labute approximate surface area is 205 Å². The molecule has 1 aliphatic heterocycles. The Kier molecular flexibility index (Phi) is 6.44. The molecule has 0 aliphatic carbocycles. The van der Waals surface area contributed by atoms with Crippen LogP contribution in [0.2, 0.25) is 0 Å². The average Bonchev–Trinajstić information content (AvgIpc) is 3.43. The Balaban J connectivity index is 1.36. The molecule has 5 rings (SSSR count). The Hall–Kier alpha value is -4.19. The molecule has 2 heterocycles. The zero-order valence-corrected chi connectivity index (χ0v) is 19.6. The molecule has 1 N–H and O–H groups in total. The van der Waals surface area contributed by atoms with Gasteiger partial charge in [-0.3, -0.25) is 4.79 Å². The van der Waals surface area contributed by atoms with Crippen molar-refractivity contribution in [3.8, 4) is 11.5 Å².